The fourth-order valence-electron chi connectivity index (χ4n) is 3.59. The van der Waals surface area contributed by atoms with Gasteiger partial charge in [0.25, 0.3) is 0 Å². The Bertz CT molecular complexity index is 768. The van der Waals surface area contributed by atoms with Crippen molar-refractivity contribution in [3.8, 4) is 5.75 Å². The van der Waals surface area contributed by atoms with Gasteiger partial charge in [0.05, 0.1) is 7.11 Å². The molecule has 2 N–H and O–H groups in total. The number of hydrogen-bond acceptors (Lipinski definition) is 6. The highest BCUT2D eigenvalue weighted by atomic mass is 16.5. The monoisotopic (exact) mass is 340 g/mol. The molecule has 1 aliphatic heterocycles. The number of nitrogen functional groups attached to an aromatic ring is 1. The lowest BCUT2D eigenvalue weighted by atomic mass is 9.88. The molecule has 2 heterocycles. The summed E-state index contributed by atoms with van der Waals surface area (Å²) in [7, 11) is 1.66. The zero-order valence-electron chi connectivity index (χ0n) is 15.0. The first-order valence-corrected chi connectivity index (χ1v) is 8.52. The first-order valence-electron chi connectivity index (χ1n) is 8.52. The van der Waals surface area contributed by atoms with E-state index >= 15 is 0 Å². The number of methoxy groups -OCH3 is 1. The fraction of sp³-hybridized carbons (Fsp3) is 0.421. The lowest BCUT2D eigenvalue weighted by Gasteiger charge is -2.33. The van der Waals surface area contributed by atoms with Crippen LogP contribution in [0, 0.1) is 19.8 Å². The molecule has 0 spiro atoms. The van der Waals surface area contributed by atoms with Crippen molar-refractivity contribution in [2.24, 2.45) is 5.92 Å². The highest BCUT2D eigenvalue weighted by Crippen LogP contribution is 2.28. The van der Waals surface area contributed by atoms with E-state index in [0.717, 1.165) is 47.6 Å². The average molecular weight is 340 g/mol. The van der Waals surface area contributed by atoms with E-state index in [1.807, 2.05) is 32.0 Å². The summed E-state index contributed by atoms with van der Waals surface area (Å²) >= 11 is 0. The number of aryl methyl sites for hydroxylation is 2. The van der Waals surface area contributed by atoms with Crippen LogP contribution < -0.4 is 15.4 Å². The molecule has 0 bridgehead atoms. The van der Waals surface area contributed by atoms with Crippen molar-refractivity contribution in [2.75, 3.05) is 30.8 Å². The Hall–Kier alpha value is -2.63. The van der Waals surface area contributed by atoms with E-state index in [1.54, 1.807) is 13.3 Å². The third-order valence-corrected chi connectivity index (χ3v) is 4.72. The van der Waals surface area contributed by atoms with Crippen molar-refractivity contribution >= 4 is 17.5 Å². The summed E-state index contributed by atoms with van der Waals surface area (Å²) in [6, 6.07) is 5.69. The van der Waals surface area contributed by atoms with Gasteiger partial charge in [0.2, 0.25) is 5.95 Å². The summed E-state index contributed by atoms with van der Waals surface area (Å²) < 4.78 is 5.40. The molecule has 25 heavy (non-hydrogen) atoms. The van der Waals surface area contributed by atoms with Crippen LogP contribution >= 0.6 is 0 Å². The molecule has 0 aliphatic carbocycles. The number of carbonyl (C=O) groups is 1. The Kier molecular flexibility index (Phi) is 4.88. The number of piperidine rings is 1. The van der Waals surface area contributed by atoms with Gasteiger partial charge in [-0.1, -0.05) is 0 Å². The van der Waals surface area contributed by atoms with E-state index in [4.69, 9.17) is 10.5 Å². The lowest BCUT2D eigenvalue weighted by molar-refractivity contribution is 0.0907. The number of anilines is 2. The van der Waals surface area contributed by atoms with Crippen LogP contribution in [0.4, 0.5) is 11.8 Å². The molecule has 1 aromatic heterocycles. The molecule has 1 aromatic carbocycles. The molecule has 1 unspecified atom stereocenters. The number of ether oxygens (including phenoxy) is 1. The van der Waals surface area contributed by atoms with E-state index in [9.17, 15) is 4.79 Å². The van der Waals surface area contributed by atoms with Gasteiger partial charge in [-0.2, -0.15) is 4.98 Å². The molecule has 132 valence electrons. The van der Waals surface area contributed by atoms with Gasteiger partial charge in [-0.3, -0.25) is 4.79 Å². The smallest absolute Gasteiger partial charge is 0.221 e. The molecule has 0 saturated carbocycles. The topological polar surface area (TPSA) is 81.3 Å². The molecular formula is C19H24N4O2. The largest absolute Gasteiger partial charge is 0.496 e. The van der Waals surface area contributed by atoms with E-state index in [1.165, 1.54) is 0 Å². The minimum atomic E-state index is -0.0443. The number of nitrogens with zero attached hydrogens (tertiary/aromatic N) is 3. The molecule has 6 nitrogen and oxygen atoms in total. The van der Waals surface area contributed by atoms with Gasteiger partial charge < -0.3 is 15.4 Å². The first-order chi connectivity index (χ1) is 12.0. The Labute approximate surface area is 148 Å². The van der Waals surface area contributed by atoms with Gasteiger partial charge in [-0.15, -0.1) is 0 Å². The van der Waals surface area contributed by atoms with Crippen LogP contribution in [0.25, 0.3) is 0 Å². The van der Waals surface area contributed by atoms with Crippen LogP contribution in [0.2, 0.25) is 0 Å². The second-order valence-electron chi connectivity index (χ2n) is 6.57. The molecule has 0 amide bonds. The number of carbonyl (C=O) groups excluding carboxylic acids is 1. The number of aromatic nitrogens is 2. The first kappa shape index (κ1) is 17.2. The summed E-state index contributed by atoms with van der Waals surface area (Å²) in [6.45, 7) is 5.47. The zero-order chi connectivity index (χ0) is 18.0. The number of benzene rings is 1. The van der Waals surface area contributed by atoms with Gasteiger partial charge in [0.1, 0.15) is 11.6 Å². The molecule has 6 heteroatoms. The third kappa shape index (κ3) is 3.57. The van der Waals surface area contributed by atoms with Crippen molar-refractivity contribution in [3.05, 3.63) is 41.1 Å². The quantitative estimate of drug-likeness (QED) is 0.862. The van der Waals surface area contributed by atoms with E-state index in [-0.39, 0.29) is 17.6 Å². The summed E-state index contributed by atoms with van der Waals surface area (Å²) in [4.78, 5) is 23.4. The second-order valence-corrected chi connectivity index (χ2v) is 6.57. The maximum absolute atomic E-state index is 13.0. The number of hydrogen-bond donors (Lipinski definition) is 1. The summed E-state index contributed by atoms with van der Waals surface area (Å²) in [5.41, 5.74) is 8.41. The maximum Gasteiger partial charge on any atom is 0.221 e. The Morgan fingerprint density at radius 3 is 2.68 bits per heavy atom. The molecule has 1 aliphatic rings. The maximum atomic E-state index is 13.0. The summed E-state index contributed by atoms with van der Waals surface area (Å²) in [5.74, 6) is 2.02. The second kappa shape index (κ2) is 7.09. The van der Waals surface area contributed by atoms with Crippen molar-refractivity contribution in [1.29, 1.82) is 0 Å². The average Bonchev–Trinajstić information content (AvgIpc) is 2.61. The summed E-state index contributed by atoms with van der Waals surface area (Å²) in [5, 5.41) is 0. The predicted molar refractivity (Wildman–Crippen MR) is 98.2 cm³/mol. The van der Waals surface area contributed by atoms with Crippen molar-refractivity contribution in [2.45, 2.75) is 26.7 Å². The van der Waals surface area contributed by atoms with Crippen LogP contribution in [-0.2, 0) is 0 Å². The Morgan fingerprint density at radius 1 is 1.32 bits per heavy atom. The van der Waals surface area contributed by atoms with Gasteiger partial charge in [-0.25, -0.2) is 4.98 Å². The minimum absolute atomic E-state index is 0.0443. The molecule has 3 rings (SSSR count). The van der Waals surface area contributed by atoms with Crippen LogP contribution in [0.1, 0.15) is 34.3 Å². The molecule has 0 radical (unpaired) electrons. The lowest BCUT2D eigenvalue weighted by Crippen LogP contribution is -2.39. The van der Waals surface area contributed by atoms with Crippen LogP contribution in [0.5, 0.6) is 5.75 Å². The number of ketones is 1. The van der Waals surface area contributed by atoms with Crippen molar-refractivity contribution in [1.82, 2.24) is 9.97 Å². The number of rotatable bonds is 4. The molecular weight excluding hydrogens is 316 g/mol. The van der Waals surface area contributed by atoms with Crippen LogP contribution in [0.15, 0.2) is 24.4 Å². The molecule has 2 aromatic rings. The highest BCUT2D eigenvalue weighted by molar-refractivity contribution is 5.99. The van der Waals surface area contributed by atoms with E-state index in [0.29, 0.717) is 6.54 Å². The summed E-state index contributed by atoms with van der Waals surface area (Å²) in [6.07, 6.45) is 3.49. The minimum Gasteiger partial charge on any atom is -0.496 e. The molecule has 1 atom stereocenters. The van der Waals surface area contributed by atoms with E-state index < -0.39 is 0 Å². The fourth-order valence-corrected chi connectivity index (χ4v) is 3.59. The van der Waals surface area contributed by atoms with Crippen LogP contribution in [-0.4, -0.2) is 36.0 Å². The van der Waals surface area contributed by atoms with E-state index in [2.05, 4.69) is 14.9 Å². The zero-order valence-corrected chi connectivity index (χ0v) is 15.0. The van der Waals surface area contributed by atoms with Gasteiger partial charge in [0.15, 0.2) is 5.78 Å². The van der Waals surface area contributed by atoms with Gasteiger partial charge in [-0.05, 0) is 56.0 Å². The number of Topliss-reactive ketones (excluding diaryl/α,β-unsaturated/α-hetero) is 1. The van der Waals surface area contributed by atoms with Crippen molar-refractivity contribution < 1.29 is 9.53 Å². The Balaban J connectivity index is 1.80. The Morgan fingerprint density at radius 2 is 2.04 bits per heavy atom. The van der Waals surface area contributed by atoms with Crippen LogP contribution in [0.3, 0.4) is 0 Å². The standard InChI is InChI=1S/C19H24N4O2/c1-12-9-15(10-13(2)18(12)25-3)17(24)14-5-4-8-23(11-14)16-6-7-21-19(20)22-16/h6-7,9-10,14H,4-5,8,11H2,1-3H3,(H2,20,21,22). The molecule has 1 saturated heterocycles. The number of nitrogens with two attached hydrogens (primary N) is 1. The van der Waals surface area contributed by atoms with Gasteiger partial charge >= 0.3 is 0 Å². The SMILES string of the molecule is COc1c(C)cc(C(=O)C2CCCN(c3ccnc(N)n3)C2)cc1C. The third-order valence-electron chi connectivity index (χ3n) is 4.72. The predicted octanol–water partition coefficient (Wildman–Crippen LogP) is 2.78. The van der Waals surface area contributed by atoms with Crippen molar-refractivity contribution in [3.63, 3.8) is 0 Å². The molecule has 1 fully saturated rings. The van der Waals surface area contributed by atoms with Gasteiger partial charge in [0, 0.05) is 30.8 Å². The normalized spacial score (nSPS) is 17.4. The highest BCUT2D eigenvalue weighted by Gasteiger charge is 2.28.